The minimum atomic E-state index is 0.0695. The molecule has 70 valence electrons. The van der Waals surface area contributed by atoms with Gasteiger partial charge in [0.05, 0.1) is 6.61 Å². The van der Waals surface area contributed by atoms with Crippen LogP contribution in [0.2, 0.25) is 0 Å². The zero-order valence-electron chi connectivity index (χ0n) is 7.07. The van der Waals surface area contributed by atoms with Crippen LogP contribution in [0.5, 0.6) is 0 Å². The minimum absolute atomic E-state index is 0.0695. The zero-order chi connectivity index (χ0) is 9.03. The highest BCUT2D eigenvalue weighted by Crippen LogP contribution is 2.18. The van der Waals surface area contributed by atoms with E-state index < -0.39 is 0 Å². The lowest BCUT2D eigenvalue weighted by atomic mass is 10.0. The van der Waals surface area contributed by atoms with Gasteiger partial charge in [-0.1, -0.05) is 23.2 Å². The fraction of sp³-hybridized carbons (Fsp3) is 0.750. The van der Waals surface area contributed by atoms with Crippen LogP contribution in [0.3, 0.4) is 0 Å². The van der Waals surface area contributed by atoms with Gasteiger partial charge in [0.25, 0.3) is 0 Å². The Balaban J connectivity index is 2.30. The maximum atomic E-state index is 5.73. The number of rotatable bonds is 3. The third-order valence-electron chi connectivity index (χ3n) is 2.02. The molecule has 0 bridgehead atoms. The number of ether oxygens (including phenoxy) is 1. The number of nitrogens with one attached hydrogen (secondary N) is 1. The Morgan fingerprint density at radius 1 is 1.75 bits per heavy atom. The van der Waals surface area contributed by atoms with Gasteiger partial charge in [-0.25, -0.2) is 0 Å². The van der Waals surface area contributed by atoms with Crippen LogP contribution in [0.4, 0.5) is 0 Å². The second kappa shape index (κ2) is 4.47. The molecule has 0 aromatic rings. The van der Waals surface area contributed by atoms with Crippen molar-refractivity contribution in [1.29, 1.82) is 0 Å². The Hall–Kier alpha value is 0.240. The third-order valence-corrected chi connectivity index (χ3v) is 2.64. The van der Waals surface area contributed by atoms with Gasteiger partial charge < -0.3 is 10.1 Å². The lowest BCUT2D eigenvalue weighted by Gasteiger charge is -2.23. The molecule has 0 spiro atoms. The largest absolute Gasteiger partial charge is 0.379 e. The van der Waals surface area contributed by atoms with E-state index in [1.807, 2.05) is 0 Å². The summed E-state index contributed by atoms with van der Waals surface area (Å²) < 4.78 is 5.27. The molecule has 1 saturated heterocycles. The van der Waals surface area contributed by atoms with Crippen molar-refractivity contribution in [2.75, 3.05) is 19.8 Å². The molecule has 1 aliphatic rings. The van der Waals surface area contributed by atoms with Crippen molar-refractivity contribution in [3.63, 3.8) is 0 Å². The maximum absolute atomic E-state index is 5.73. The van der Waals surface area contributed by atoms with Crippen LogP contribution in [-0.4, -0.2) is 25.3 Å². The molecule has 1 N–H and O–H groups in total. The van der Waals surface area contributed by atoms with Crippen molar-refractivity contribution in [2.24, 2.45) is 0 Å². The fourth-order valence-electron chi connectivity index (χ4n) is 1.14. The summed E-state index contributed by atoms with van der Waals surface area (Å²) in [7, 11) is 0. The molecule has 0 aliphatic carbocycles. The second-order valence-corrected chi connectivity index (χ2v) is 3.98. The first-order chi connectivity index (χ1) is 5.66. The summed E-state index contributed by atoms with van der Waals surface area (Å²) in [5.74, 6) is 0. The molecule has 0 aromatic carbocycles. The lowest BCUT2D eigenvalue weighted by molar-refractivity contribution is 0.173. The van der Waals surface area contributed by atoms with Gasteiger partial charge in [-0.15, -0.1) is 0 Å². The van der Waals surface area contributed by atoms with Crippen molar-refractivity contribution >= 4 is 23.2 Å². The maximum Gasteiger partial charge on any atom is 0.0646 e. The molecule has 4 heteroatoms. The van der Waals surface area contributed by atoms with Crippen LogP contribution in [0.1, 0.15) is 13.3 Å². The van der Waals surface area contributed by atoms with Crippen molar-refractivity contribution < 1.29 is 4.74 Å². The first-order valence-electron chi connectivity index (χ1n) is 3.94. The highest BCUT2D eigenvalue weighted by Gasteiger charge is 2.28. The molecule has 1 aliphatic heterocycles. The zero-order valence-corrected chi connectivity index (χ0v) is 8.58. The first kappa shape index (κ1) is 10.3. The molecule has 0 radical (unpaired) electrons. The molecule has 0 amide bonds. The summed E-state index contributed by atoms with van der Waals surface area (Å²) in [6, 6.07) is 0. The van der Waals surface area contributed by atoms with E-state index in [2.05, 4.69) is 12.2 Å². The van der Waals surface area contributed by atoms with Crippen LogP contribution < -0.4 is 5.32 Å². The van der Waals surface area contributed by atoms with Gasteiger partial charge in [-0.3, -0.25) is 0 Å². The summed E-state index contributed by atoms with van der Waals surface area (Å²) in [6.45, 7) is 4.31. The van der Waals surface area contributed by atoms with E-state index in [0.29, 0.717) is 11.6 Å². The molecular formula is C8H13Cl2NO. The molecule has 1 atom stereocenters. The summed E-state index contributed by atoms with van der Waals surface area (Å²) in [5.41, 5.74) is 1.45. The molecule has 1 unspecified atom stereocenters. The smallest absolute Gasteiger partial charge is 0.0646 e. The Morgan fingerprint density at radius 2 is 2.50 bits per heavy atom. The second-order valence-electron chi connectivity index (χ2n) is 3.27. The van der Waals surface area contributed by atoms with Crippen molar-refractivity contribution in [3.8, 4) is 0 Å². The predicted molar refractivity (Wildman–Crippen MR) is 51.6 cm³/mol. The van der Waals surface area contributed by atoms with Crippen molar-refractivity contribution in [2.45, 2.75) is 18.9 Å². The van der Waals surface area contributed by atoms with Crippen molar-refractivity contribution in [1.82, 2.24) is 5.32 Å². The van der Waals surface area contributed by atoms with Crippen LogP contribution in [0.15, 0.2) is 10.6 Å². The van der Waals surface area contributed by atoms with Crippen LogP contribution >= 0.6 is 23.2 Å². The molecular weight excluding hydrogens is 197 g/mol. The van der Waals surface area contributed by atoms with E-state index in [1.54, 1.807) is 0 Å². The molecule has 1 heterocycles. The Bertz CT molecular complexity index is 176. The molecule has 0 saturated carbocycles. The van der Waals surface area contributed by atoms with Crippen LogP contribution in [0, 0.1) is 0 Å². The van der Waals surface area contributed by atoms with E-state index in [4.69, 9.17) is 27.9 Å². The first-order valence-corrected chi connectivity index (χ1v) is 4.75. The van der Waals surface area contributed by atoms with Gasteiger partial charge in [-0.05, 0) is 13.3 Å². The highest BCUT2D eigenvalue weighted by atomic mass is 35.5. The molecule has 1 fully saturated rings. The van der Waals surface area contributed by atoms with E-state index in [1.165, 1.54) is 5.54 Å². The van der Waals surface area contributed by atoms with Gasteiger partial charge in [0.1, 0.15) is 0 Å². The Kier molecular flexibility index (Phi) is 3.84. The monoisotopic (exact) mass is 209 g/mol. The topological polar surface area (TPSA) is 21.3 Å². The number of hydrogen-bond acceptors (Lipinski definition) is 2. The van der Waals surface area contributed by atoms with Gasteiger partial charge in [0.2, 0.25) is 0 Å². The minimum Gasteiger partial charge on any atom is -0.379 e. The average Bonchev–Trinajstić information content (AvgIpc) is 2.49. The van der Waals surface area contributed by atoms with Gasteiger partial charge in [0, 0.05) is 29.3 Å². The van der Waals surface area contributed by atoms with Gasteiger partial charge in [0.15, 0.2) is 0 Å². The average molecular weight is 210 g/mol. The Morgan fingerprint density at radius 3 is 3.00 bits per heavy atom. The Labute approximate surface area is 82.9 Å². The van der Waals surface area contributed by atoms with Crippen LogP contribution in [0.25, 0.3) is 0 Å². The van der Waals surface area contributed by atoms with E-state index in [9.17, 15) is 0 Å². The van der Waals surface area contributed by atoms with E-state index in [-0.39, 0.29) is 5.54 Å². The summed E-state index contributed by atoms with van der Waals surface area (Å²) >= 11 is 11.1. The van der Waals surface area contributed by atoms with Gasteiger partial charge >= 0.3 is 0 Å². The fourth-order valence-corrected chi connectivity index (χ4v) is 1.29. The highest BCUT2D eigenvalue weighted by molar-refractivity contribution is 6.36. The summed E-state index contributed by atoms with van der Waals surface area (Å²) in [5, 5.41) is 3.93. The lowest BCUT2D eigenvalue weighted by Crippen LogP contribution is -2.43. The molecule has 2 nitrogen and oxygen atoms in total. The quantitative estimate of drug-likeness (QED) is 0.769. The molecule has 12 heavy (non-hydrogen) atoms. The van der Waals surface area contributed by atoms with Crippen LogP contribution in [-0.2, 0) is 4.74 Å². The third kappa shape index (κ3) is 2.94. The molecule has 1 rings (SSSR count). The number of hydrogen-bond donors (Lipinski definition) is 1. The SMILES string of the molecule is CC1(NCC(Cl)=CCl)CCOC1. The van der Waals surface area contributed by atoms with E-state index >= 15 is 0 Å². The van der Waals surface area contributed by atoms with Gasteiger partial charge in [-0.2, -0.15) is 0 Å². The van der Waals surface area contributed by atoms with E-state index in [0.717, 1.165) is 19.6 Å². The standard InChI is InChI=1S/C8H13Cl2NO/c1-8(2-3-12-6-8)11-5-7(10)4-9/h4,11H,2-3,5-6H2,1H3. The normalized spacial score (nSPS) is 31.1. The molecule has 0 aromatic heterocycles. The summed E-state index contributed by atoms with van der Waals surface area (Å²) in [6.07, 6.45) is 1.03. The van der Waals surface area contributed by atoms with Crippen molar-refractivity contribution in [3.05, 3.63) is 10.6 Å². The summed E-state index contributed by atoms with van der Waals surface area (Å²) in [4.78, 5) is 0. The number of halogens is 2. The predicted octanol–water partition coefficient (Wildman–Crippen LogP) is 2.07.